The first-order valence-electron chi connectivity index (χ1n) is 13.2. The van der Waals surface area contributed by atoms with Gasteiger partial charge in [0.25, 0.3) is 0 Å². The quantitative estimate of drug-likeness (QED) is 0.197. The third-order valence-electron chi connectivity index (χ3n) is 6.38. The number of carboxylic acids is 3. The van der Waals surface area contributed by atoms with E-state index < -0.39 is 36.4 Å². The van der Waals surface area contributed by atoms with Gasteiger partial charge in [-0.3, -0.25) is 19.3 Å². The molecule has 1 fully saturated rings. The Hall–Kier alpha value is -3.59. The fourth-order valence-corrected chi connectivity index (χ4v) is 4.80. The summed E-state index contributed by atoms with van der Waals surface area (Å²) in [5.41, 5.74) is 0.292. The second-order valence-electron chi connectivity index (χ2n) is 10.1. The SMILES string of the molecule is CCC(CN1CCN(C)CC1)NC(=O)Cc1csc(Nc2cccc(C)c2)n1.O=C(O)CC(O)(CC(=O)O)C(=O)O. The molecule has 1 unspecified atom stereocenters. The average molecular weight is 594 g/mol. The predicted octanol–water partition coefficient (Wildman–Crippen LogP) is 1.63. The molecular weight excluding hydrogens is 554 g/mol. The third-order valence-corrected chi connectivity index (χ3v) is 7.19. The highest BCUT2D eigenvalue weighted by Crippen LogP contribution is 2.22. The van der Waals surface area contributed by atoms with E-state index in [-0.39, 0.29) is 11.9 Å². The minimum atomic E-state index is -2.74. The minimum absolute atomic E-state index is 0.0494. The van der Waals surface area contributed by atoms with Crippen molar-refractivity contribution in [3.63, 3.8) is 0 Å². The van der Waals surface area contributed by atoms with E-state index in [1.165, 1.54) is 16.9 Å². The van der Waals surface area contributed by atoms with Gasteiger partial charge in [0.05, 0.1) is 25.0 Å². The maximum Gasteiger partial charge on any atom is 0.336 e. The molecular formula is C27H39N5O8S. The van der Waals surface area contributed by atoms with E-state index in [1.54, 1.807) is 0 Å². The van der Waals surface area contributed by atoms with Gasteiger partial charge in [-0.1, -0.05) is 19.1 Å². The second-order valence-corrected chi connectivity index (χ2v) is 10.9. The lowest BCUT2D eigenvalue weighted by Crippen LogP contribution is -2.50. The van der Waals surface area contributed by atoms with Crippen molar-refractivity contribution in [2.24, 2.45) is 0 Å². The van der Waals surface area contributed by atoms with E-state index >= 15 is 0 Å². The number of thiazole rings is 1. The third kappa shape index (κ3) is 12.2. The lowest BCUT2D eigenvalue weighted by Gasteiger charge is -2.34. The first kappa shape index (κ1) is 33.6. The Kier molecular flexibility index (Phi) is 13.1. The van der Waals surface area contributed by atoms with Crippen LogP contribution in [0, 0.1) is 6.92 Å². The summed E-state index contributed by atoms with van der Waals surface area (Å²) in [6, 6.07) is 8.38. The minimum Gasteiger partial charge on any atom is -0.481 e. The van der Waals surface area contributed by atoms with E-state index in [4.69, 9.17) is 20.4 Å². The Morgan fingerprint density at radius 2 is 1.71 bits per heavy atom. The van der Waals surface area contributed by atoms with Crippen LogP contribution in [0.5, 0.6) is 0 Å². The number of nitrogens with zero attached hydrogens (tertiary/aromatic N) is 3. The zero-order valence-corrected chi connectivity index (χ0v) is 24.3. The molecule has 41 heavy (non-hydrogen) atoms. The van der Waals surface area contributed by atoms with Crippen molar-refractivity contribution in [1.29, 1.82) is 0 Å². The zero-order chi connectivity index (χ0) is 30.6. The van der Waals surface area contributed by atoms with Crippen LogP contribution in [-0.4, -0.2) is 110 Å². The van der Waals surface area contributed by atoms with Crippen molar-refractivity contribution in [2.75, 3.05) is 45.1 Å². The number of aliphatic hydroxyl groups is 1. The number of aryl methyl sites for hydroxylation is 1. The molecule has 1 atom stereocenters. The van der Waals surface area contributed by atoms with E-state index in [0.29, 0.717) is 6.42 Å². The van der Waals surface area contributed by atoms with Crippen molar-refractivity contribution in [2.45, 2.75) is 51.2 Å². The van der Waals surface area contributed by atoms with Crippen LogP contribution in [0.1, 0.15) is 37.4 Å². The number of piperazine rings is 1. The van der Waals surface area contributed by atoms with Crippen molar-refractivity contribution < 1.29 is 39.6 Å². The summed E-state index contributed by atoms with van der Waals surface area (Å²) in [5.74, 6) is -4.97. The van der Waals surface area contributed by atoms with Gasteiger partial charge < -0.3 is 36.0 Å². The molecule has 0 aliphatic carbocycles. The van der Waals surface area contributed by atoms with Crippen LogP contribution < -0.4 is 10.6 Å². The number of likely N-dealkylation sites (N-methyl/N-ethyl adjacent to an activating group) is 1. The maximum atomic E-state index is 12.5. The molecule has 0 spiro atoms. The van der Waals surface area contributed by atoms with Gasteiger partial charge in [0.15, 0.2) is 10.7 Å². The molecule has 2 aromatic rings. The highest BCUT2D eigenvalue weighted by Gasteiger charge is 2.40. The standard InChI is InChI=1S/C21H31N5OS.C6H8O7/c1-4-17(14-26-10-8-25(3)9-11-26)22-20(27)13-19-15-28-21(24-19)23-18-7-5-6-16(2)12-18;7-3(8)1-6(13,5(11)12)2-4(9)10/h5-7,12,15,17H,4,8-11,13-14H2,1-3H3,(H,22,27)(H,23,24);13H,1-2H2,(H,7,8)(H,9,10)(H,11,12). The van der Waals surface area contributed by atoms with Gasteiger partial charge in [-0.15, -0.1) is 11.3 Å². The average Bonchev–Trinajstić information content (AvgIpc) is 3.30. The molecule has 14 heteroatoms. The van der Waals surface area contributed by atoms with Crippen molar-refractivity contribution in [1.82, 2.24) is 20.1 Å². The maximum absolute atomic E-state index is 12.5. The topological polar surface area (TPSA) is 193 Å². The van der Waals surface area contributed by atoms with Gasteiger partial charge in [-0.2, -0.15) is 0 Å². The molecule has 13 nitrogen and oxygen atoms in total. The van der Waals surface area contributed by atoms with Crippen LogP contribution in [0.2, 0.25) is 0 Å². The molecule has 1 saturated heterocycles. The van der Waals surface area contributed by atoms with Crippen LogP contribution >= 0.6 is 11.3 Å². The van der Waals surface area contributed by atoms with Gasteiger partial charge in [0, 0.05) is 49.8 Å². The number of hydrogen-bond acceptors (Lipinski definition) is 10. The normalized spacial score (nSPS) is 14.8. The number of carbonyl (C=O) groups excluding carboxylic acids is 1. The van der Waals surface area contributed by atoms with Crippen molar-refractivity contribution in [3.8, 4) is 0 Å². The summed E-state index contributed by atoms with van der Waals surface area (Å²) in [6.45, 7) is 9.46. The highest BCUT2D eigenvalue weighted by atomic mass is 32.1. The Balaban J connectivity index is 0.000000383. The number of carboxylic acid groups (broad SMARTS) is 3. The molecule has 0 saturated carbocycles. The largest absolute Gasteiger partial charge is 0.481 e. The van der Waals surface area contributed by atoms with E-state index in [9.17, 15) is 19.2 Å². The molecule has 226 valence electrons. The van der Waals surface area contributed by atoms with Gasteiger partial charge in [-0.05, 0) is 38.1 Å². The molecule has 6 N–H and O–H groups in total. The second kappa shape index (κ2) is 16.0. The van der Waals surface area contributed by atoms with Gasteiger partial charge in [0.1, 0.15) is 0 Å². The van der Waals surface area contributed by atoms with Gasteiger partial charge in [-0.25, -0.2) is 9.78 Å². The number of aromatic nitrogens is 1. The zero-order valence-electron chi connectivity index (χ0n) is 23.5. The van der Waals surface area contributed by atoms with Crippen LogP contribution in [0.15, 0.2) is 29.6 Å². The number of nitrogens with one attached hydrogen (secondary N) is 2. The number of anilines is 2. The number of carbonyl (C=O) groups is 4. The Bertz CT molecular complexity index is 1170. The fourth-order valence-electron chi connectivity index (χ4n) is 4.07. The van der Waals surface area contributed by atoms with Gasteiger partial charge >= 0.3 is 17.9 Å². The summed E-state index contributed by atoms with van der Waals surface area (Å²) in [7, 11) is 2.16. The predicted molar refractivity (Wildman–Crippen MR) is 154 cm³/mol. The van der Waals surface area contributed by atoms with Gasteiger partial charge in [0.2, 0.25) is 5.91 Å². The molecule has 0 bridgehead atoms. The monoisotopic (exact) mass is 593 g/mol. The molecule has 1 aliphatic heterocycles. The van der Waals surface area contributed by atoms with Crippen LogP contribution in [0.4, 0.5) is 10.8 Å². The van der Waals surface area contributed by atoms with E-state index in [0.717, 1.165) is 55.7 Å². The number of hydrogen-bond donors (Lipinski definition) is 6. The molecule has 1 aliphatic rings. The first-order valence-corrected chi connectivity index (χ1v) is 14.0. The molecule has 2 heterocycles. The lowest BCUT2D eigenvalue weighted by atomic mass is 9.96. The molecule has 3 rings (SSSR count). The Labute approximate surface area is 242 Å². The summed E-state index contributed by atoms with van der Waals surface area (Å²) in [4.78, 5) is 52.3. The first-order chi connectivity index (χ1) is 19.3. The smallest absolute Gasteiger partial charge is 0.336 e. The summed E-state index contributed by atoms with van der Waals surface area (Å²) >= 11 is 1.53. The van der Waals surface area contributed by atoms with Crippen LogP contribution in [-0.2, 0) is 25.6 Å². The lowest BCUT2D eigenvalue weighted by molar-refractivity contribution is -0.170. The van der Waals surface area contributed by atoms with Crippen molar-refractivity contribution >= 4 is 46.0 Å². The van der Waals surface area contributed by atoms with Crippen LogP contribution in [0.25, 0.3) is 0 Å². The number of amides is 1. The highest BCUT2D eigenvalue weighted by molar-refractivity contribution is 7.13. The van der Waals surface area contributed by atoms with E-state index in [1.807, 2.05) is 17.5 Å². The molecule has 1 aromatic carbocycles. The van der Waals surface area contributed by atoms with Crippen LogP contribution in [0.3, 0.4) is 0 Å². The molecule has 1 aromatic heterocycles. The van der Waals surface area contributed by atoms with Crippen molar-refractivity contribution in [3.05, 3.63) is 40.9 Å². The summed E-state index contributed by atoms with van der Waals surface area (Å²) < 4.78 is 0. The fraction of sp³-hybridized carbons (Fsp3) is 0.519. The Morgan fingerprint density at radius 1 is 1.07 bits per heavy atom. The number of rotatable bonds is 13. The molecule has 0 radical (unpaired) electrons. The Morgan fingerprint density at radius 3 is 2.24 bits per heavy atom. The van der Waals surface area contributed by atoms with E-state index in [2.05, 4.69) is 58.4 Å². The molecule has 1 amide bonds. The number of benzene rings is 1. The summed E-state index contributed by atoms with van der Waals surface area (Å²) in [6.07, 6.45) is -1.02. The summed E-state index contributed by atoms with van der Waals surface area (Å²) in [5, 5.41) is 43.1. The number of aliphatic carboxylic acids is 3.